The number of halogens is 2. The maximum absolute atomic E-state index is 13.1. The number of aliphatic hydroxyl groups is 1. The standard InChI is InChI=1S/C19H21F2NO3/c1-2-25-18-9-7-15(11-14(18)12-23)22-19(24)5-3-4-13-6-8-16(20)17(21)10-13/h6-11,23H,2-5,12H2,1H3,(H,22,24). The van der Waals surface area contributed by atoms with Crippen molar-refractivity contribution in [3.8, 4) is 5.75 Å². The first kappa shape index (κ1) is 18.9. The Bertz CT molecular complexity index is 735. The zero-order valence-electron chi connectivity index (χ0n) is 14.0. The number of benzene rings is 2. The van der Waals surface area contributed by atoms with E-state index in [0.717, 1.165) is 12.1 Å². The van der Waals surface area contributed by atoms with Gasteiger partial charge in [-0.3, -0.25) is 4.79 Å². The molecule has 134 valence electrons. The molecule has 0 unspecified atom stereocenters. The second-order valence-electron chi connectivity index (χ2n) is 5.56. The van der Waals surface area contributed by atoms with Crippen LogP contribution in [0.2, 0.25) is 0 Å². The first-order valence-electron chi connectivity index (χ1n) is 8.13. The van der Waals surface area contributed by atoms with Crippen LogP contribution in [0, 0.1) is 11.6 Å². The average molecular weight is 349 g/mol. The first-order chi connectivity index (χ1) is 12.0. The molecule has 0 spiro atoms. The summed E-state index contributed by atoms with van der Waals surface area (Å²) in [6.45, 7) is 2.15. The molecule has 0 bridgehead atoms. The van der Waals surface area contributed by atoms with Crippen LogP contribution in [0.5, 0.6) is 5.75 Å². The number of aliphatic hydroxyl groups excluding tert-OH is 1. The number of rotatable bonds is 8. The number of hydrogen-bond acceptors (Lipinski definition) is 3. The maximum atomic E-state index is 13.1. The number of aryl methyl sites for hydroxylation is 1. The van der Waals surface area contributed by atoms with Gasteiger partial charge in [-0.1, -0.05) is 6.07 Å². The molecule has 0 atom stereocenters. The third kappa shape index (κ3) is 5.53. The van der Waals surface area contributed by atoms with Crippen LogP contribution < -0.4 is 10.1 Å². The Kier molecular flexibility index (Phi) is 6.89. The molecule has 0 saturated carbocycles. The maximum Gasteiger partial charge on any atom is 0.224 e. The molecule has 6 heteroatoms. The fourth-order valence-corrected chi connectivity index (χ4v) is 2.45. The molecule has 1 amide bonds. The molecular formula is C19H21F2NO3. The third-order valence-electron chi connectivity index (χ3n) is 3.67. The molecule has 0 aliphatic rings. The van der Waals surface area contributed by atoms with Crippen molar-refractivity contribution < 1.29 is 23.4 Å². The number of hydrogen-bond donors (Lipinski definition) is 2. The summed E-state index contributed by atoms with van der Waals surface area (Å²) in [5.41, 5.74) is 1.82. The van der Waals surface area contributed by atoms with Crippen LogP contribution in [0.15, 0.2) is 36.4 Å². The first-order valence-corrected chi connectivity index (χ1v) is 8.13. The van der Waals surface area contributed by atoms with Crippen molar-refractivity contribution in [1.29, 1.82) is 0 Å². The average Bonchev–Trinajstić information content (AvgIpc) is 2.59. The van der Waals surface area contributed by atoms with Crippen molar-refractivity contribution >= 4 is 11.6 Å². The highest BCUT2D eigenvalue weighted by molar-refractivity contribution is 5.90. The van der Waals surface area contributed by atoms with E-state index in [1.165, 1.54) is 6.07 Å². The lowest BCUT2D eigenvalue weighted by Gasteiger charge is -2.11. The SMILES string of the molecule is CCOc1ccc(NC(=O)CCCc2ccc(F)c(F)c2)cc1CO. The zero-order valence-corrected chi connectivity index (χ0v) is 14.0. The Balaban J connectivity index is 1.86. The van der Waals surface area contributed by atoms with Gasteiger partial charge in [-0.15, -0.1) is 0 Å². The minimum Gasteiger partial charge on any atom is -0.494 e. The van der Waals surface area contributed by atoms with Crippen molar-refractivity contribution in [1.82, 2.24) is 0 Å². The van der Waals surface area contributed by atoms with Crippen molar-refractivity contribution in [3.63, 3.8) is 0 Å². The Morgan fingerprint density at radius 2 is 1.96 bits per heavy atom. The smallest absolute Gasteiger partial charge is 0.224 e. The molecule has 0 heterocycles. The molecule has 0 fully saturated rings. The fraction of sp³-hybridized carbons (Fsp3) is 0.316. The Hall–Kier alpha value is -2.47. The van der Waals surface area contributed by atoms with E-state index in [0.29, 0.717) is 42.0 Å². The van der Waals surface area contributed by atoms with Gasteiger partial charge in [0.15, 0.2) is 11.6 Å². The lowest BCUT2D eigenvalue weighted by molar-refractivity contribution is -0.116. The van der Waals surface area contributed by atoms with Gasteiger partial charge in [-0.25, -0.2) is 8.78 Å². The third-order valence-corrected chi connectivity index (χ3v) is 3.67. The molecule has 25 heavy (non-hydrogen) atoms. The van der Waals surface area contributed by atoms with Crippen LogP contribution in [-0.4, -0.2) is 17.6 Å². The van der Waals surface area contributed by atoms with Crippen LogP contribution in [0.3, 0.4) is 0 Å². The molecule has 0 aliphatic heterocycles. The van der Waals surface area contributed by atoms with E-state index >= 15 is 0 Å². The Morgan fingerprint density at radius 3 is 2.64 bits per heavy atom. The van der Waals surface area contributed by atoms with E-state index < -0.39 is 11.6 Å². The van der Waals surface area contributed by atoms with E-state index in [1.807, 2.05) is 6.92 Å². The van der Waals surface area contributed by atoms with Crippen molar-refractivity contribution in [2.45, 2.75) is 32.8 Å². The normalized spacial score (nSPS) is 10.6. The molecule has 0 saturated heterocycles. The summed E-state index contributed by atoms with van der Waals surface area (Å²) >= 11 is 0. The quantitative estimate of drug-likeness (QED) is 0.762. The topological polar surface area (TPSA) is 58.6 Å². The van der Waals surface area contributed by atoms with Crippen molar-refractivity contribution in [3.05, 3.63) is 59.2 Å². The summed E-state index contributed by atoms with van der Waals surface area (Å²) in [7, 11) is 0. The number of ether oxygens (including phenoxy) is 1. The highest BCUT2D eigenvalue weighted by atomic mass is 19.2. The second-order valence-corrected chi connectivity index (χ2v) is 5.56. The lowest BCUT2D eigenvalue weighted by atomic mass is 10.1. The molecule has 0 radical (unpaired) electrons. The van der Waals surface area contributed by atoms with E-state index in [-0.39, 0.29) is 18.9 Å². The van der Waals surface area contributed by atoms with Gasteiger partial charge in [0.25, 0.3) is 0 Å². The summed E-state index contributed by atoms with van der Waals surface area (Å²) in [5.74, 6) is -1.36. The molecule has 2 N–H and O–H groups in total. The minimum absolute atomic E-state index is 0.185. The highest BCUT2D eigenvalue weighted by Crippen LogP contribution is 2.23. The monoisotopic (exact) mass is 349 g/mol. The number of anilines is 1. The van der Waals surface area contributed by atoms with Gasteiger partial charge < -0.3 is 15.2 Å². The van der Waals surface area contributed by atoms with E-state index in [4.69, 9.17) is 4.74 Å². The van der Waals surface area contributed by atoms with E-state index in [2.05, 4.69) is 5.32 Å². The molecule has 2 aromatic rings. The Labute approximate surface area is 145 Å². The van der Waals surface area contributed by atoms with Crippen LogP contribution >= 0.6 is 0 Å². The van der Waals surface area contributed by atoms with Crippen molar-refractivity contribution in [2.24, 2.45) is 0 Å². The van der Waals surface area contributed by atoms with Gasteiger partial charge >= 0.3 is 0 Å². The number of carbonyl (C=O) groups is 1. The molecule has 0 aliphatic carbocycles. The summed E-state index contributed by atoms with van der Waals surface area (Å²) in [4.78, 5) is 12.0. The highest BCUT2D eigenvalue weighted by Gasteiger charge is 2.08. The number of nitrogens with one attached hydrogen (secondary N) is 1. The van der Waals surface area contributed by atoms with Crippen LogP contribution in [0.1, 0.15) is 30.9 Å². The van der Waals surface area contributed by atoms with Crippen LogP contribution in [0.25, 0.3) is 0 Å². The molecule has 2 rings (SSSR count). The van der Waals surface area contributed by atoms with Gasteiger partial charge in [0, 0.05) is 17.7 Å². The zero-order chi connectivity index (χ0) is 18.2. The predicted octanol–water partition coefficient (Wildman–Crippen LogP) is 3.82. The van der Waals surface area contributed by atoms with E-state index in [9.17, 15) is 18.7 Å². The molecule has 0 aromatic heterocycles. The van der Waals surface area contributed by atoms with Gasteiger partial charge in [0.05, 0.1) is 13.2 Å². The minimum atomic E-state index is -0.882. The summed E-state index contributed by atoms with van der Waals surface area (Å²) in [6, 6.07) is 8.81. The number of amides is 1. The fourth-order valence-electron chi connectivity index (χ4n) is 2.45. The second kappa shape index (κ2) is 9.13. The summed E-state index contributed by atoms with van der Waals surface area (Å²) < 4.78 is 31.4. The Morgan fingerprint density at radius 1 is 1.16 bits per heavy atom. The molecule has 2 aromatic carbocycles. The van der Waals surface area contributed by atoms with E-state index in [1.54, 1.807) is 18.2 Å². The van der Waals surface area contributed by atoms with Crippen LogP contribution in [-0.2, 0) is 17.8 Å². The van der Waals surface area contributed by atoms with Crippen molar-refractivity contribution in [2.75, 3.05) is 11.9 Å². The van der Waals surface area contributed by atoms with Crippen LogP contribution in [0.4, 0.5) is 14.5 Å². The lowest BCUT2D eigenvalue weighted by Crippen LogP contribution is -2.12. The largest absolute Gasteiger partial charge is 0.494 e. The number of carbonyl (C=O) groups excluding carboxylic acids is 1. The predicted molar refractivity (Wildman–Crippen MR) is 91.5 cm³/mol. The van der Waals surface area contributed by atoms with Gasteiger partial charge in [0.1, 0.15) is 5.75 Å². The summed E-state index contributed by atoms with van der Waals surface area (Å²) in [6.07, 6.45) is 1.25. The molecular weight excluding hydrogens is 328 g/mol. The van der Waals surface area contributed by atoms with Gasteiger partial charge in [0.2, 0.25) is 5.91 Å². The van der Waals surface area contributed by atoms with Gasteiger partial charge in [-0.05, 0) is 55.7 Å². The summed E-state index contributed by atoms with van der Waals surface area (Å²) in [5, 5.41) is 12.1. The van der Waals surface area contributed by atoms with Gasteiger partial charge in [-0.2, -0.15) is 0 Å². The molecule has 4 nitrogen and oxygen atoms in total.